The Morgan fingerprint density at radius 3 is 2.59 bits per heavy atom. The van der Waals surface area contributed by atoms with Gasteiger partial charge in [-0.15, -0.1) is 0 Å². The summed E-state index contributed by atoms with van der Waals surface area (Å²) in [5, 5.41) is 6.18. The summed E-state index contributed by atoms with van der Waals surface area (Å²) in [5.74, 6) is 0.219. The van der Waals surface area contributed by atoms with Crippen LogP contribution in [0.25, 0.3) is 5.69 Å². The molecule has 2 aromatic rings. The molecule has 2 heterocycles. The van der Waals surface area contributed by atoms with Gasteiger partial charge in [0.1, 0.15) is 5.82 Å². The second-order valence-corrected chi connectivity index (χ2v) is 5.83. The van der Waals surface area contributed by atoms with Crippen LogP contribution in [0.4, 0.5) is 4.39 Å². The maximum atomic E-state index is 13.1. The van der Waals surface area contributed by atoms with Gasteiger partial charge in [-0.2, -0.15) is 0 Å². The van der Waals surface area contributed by atoms with Crippen LogP contribution in [0.5, 0.6) is 0 Å². The Balaban J connectivity index is 1.82. The van der Waals surface area contributed by atoms with Crippen molar-refractivity contribution >= 4 is 5.91 Å². The Hall–Kier alpha value is -2.14. The third-order valence-corrected chi connectivity index (χ3v) is 4.18. The van der Waals surface area contributed by atoms with E-state index < -0.39 is 0 Å². The molecule has 0 atom stereocenters. The van der Waals surface area contributed by atoms with Crippen LogP contribution in [0.2, 0.25) is 0 Å². The molecule has 3 rings (SSSR count). The van der Waals surface area contributed by atoms with E-state index in [1.165, 1.54) is 12.1 Å². The minimum absolute atomic E-state index is 0.0478. The maximum absolute atomic E-state index is 13.1. The van der Waals surface area contributed by atoms with Gasteiger partial charge in [-0.1, -0.05) is 0 Å². The molecule has 1 aromatic carbocycles. The van der Waals surface area contributed by atoms with Crippen molar-refractivity contribution in [2.45, 2.75) is 13.8 Å². The molecule has 116 valence electrons. The van der Waals surface area contributed by atoms with E-state index in [0.29, 0.717) is 18.0 Å². The molecule has 0 unspecified atom stereocenters. The molecule has 1 aliphatic heterocycles. The van der Waals surface area contributed by atoms with Gasteiger partial charge >= 0.3 is 0 Å². The Kier molecular flexibility index (Phi) is 3.98. The first-order chi connectivity index (χ1) is 10.6. The summed E-state index contributed by atoms with van der Waals surface area (Å²) in [4.78, 5) is 12.4. The summed E-state index contributed by atoms with van der Waals surface area (Å²) in [5.41, 5.74) is 3.36. The lowest BCUT2D eigenvalue weighted by molar-refractivity contribution is 0.0941. The Morgan fingerprint density at radius 1 is 1.32 bits per heavy atom. The van der Waals surface area contributed by atoms with E-state index in [4.69, 9.17) is 0 Å². The van der Waals surface area contributed by atoms with Gasteiger partial charge in [-0.25, -0.2) is 4.39 Å². The Labute approximate surface area is 129 Å². The minimum Gasteiger partial charge on any atom is -0.352 e. The lowest BCUT2D eigenvalue weighted by Gasteiger charge is -2.27. The summed E-state index contributed by atoms with van der Waals surface area (Å²) < 4.78 is 15.0. The average molecular weight is 301 g/mol. The fourth-order valence-electron chi connectivity index (χ4n) is 2.81. The van der Waals surface area contributed by atoms with Crippen molar-refractivity contribution < 1.29 is 9.18 Å². The molecule has 2 N–H and O–H groups in total. The number of aryl methyl sites for hydroxylation is 1. The Morgan fingerprint density at radius 2 is 2.00 bits per heavy atom. The van der Waals surface area contributed by atoms with Crippen LogP contribution in [-0.4, -0.2) is 30.1 Å². The van der Waals surface area contributed by atoms with Gasteiger partial charge in [0.2, 0.25) is 0 Å². The van der Waals surface area contributed by atoms with Gasteiger partial charge < -0.3 is 15.2 Å². The monoisotopic (exact) mass is 301 g/mol. The second-order valence-electron chi connectivity index (χ2n) is 5.83. The van der Waals surface area contributed by atoms with Gasteiger partial charge in [-0.3, -0.25) is 4.79 Å². The lowest BCUT2D eigenvalue weighted by atomic mass is 10.0. The van der Waals surface area contributed by atoms with Gasteiger partial charge in [0.05, 0.1) is 5.56 Å². The van der Waals surface area contributed by atoms with E-state index in [2.05, 4.69) is 10.6 Å². The molecule has 1 aromatic heterocycles. The number of carbonyl (C=O) groups excluding carboxylic acids is 1. The number of aromatic nitrogens is 1. The molecule has 5 heteroatoms. The van der Waals surface area contributed by atoms with E-state index in [9.17, 15) is 9.18 Å². The third kappa shape index (κ3) is 2.76. The van der Waals surface area contributed by atoms with Crippen molar-refractivity contribution in [3.63, 3.8) is 0 Å². The van der Waals surface area contributed by atoms with Crippen LogP contribution in [0, 0.1) is 25.6 Å². The normalized spacial score (nSPS) is 14.7. The molecule has 4 nitrogen and oxygen atoms in total. The standard InChI is InChI=1S/C17H20FN3O/c1-11-7-16(17(22)20-10-13-8-19-9-13)12(2)21(11)15-5-3-14(18)4-6-15/h3-7,13,19H,8-10H2,1-2H3,(H,20,22). The van der Waals surface area contributed by atoms with Crippen molar-refractivity contribution in [2.24, 2.45) is 5.92 Å². The molecule has 0 spiro atoms. The van der Waals surface area contributed by atoms with Crippen LogP contribution in [0.15, 0.2) is 30.3 Å². The molecular formula is C17H20FN3O. The average Bonchev–Trinajstić information content (AvgIpc) is 2.74. The summed E-state index contributed by atoms with van der Waals surface area (Å²) in [6, 6.07) is 8.18. The summed E-state index contributed by atoms with van der Waals surface area (Å²) in [6.45, 7) is 6.50. The number of amides is 1. The molecule has 0 saturated carbocycles. The molecule has 22 heavy (non-hydrogen) atoms. The van der Waals surface area contributed by atoms with Crippen LogP contribution >= 0.6 is 0 Å². The van der Waals surface area contributed by atoms with E-state index >= 15 is 0 Å². The first kappa shape index (κ1) is 14.8. The zero-order valence-corrected chi connectivity index (χ0v) is 12.8. The Bertz CT molecular complexity index is 687. The zero-order valence-electron chi connectivity index (χ0n) is 12.8. The fraction of sp³-hybridized carbons (Fsp3) is 0.353. The molecule has 1 aliphatic rings. The molecule has 0 bridgehead atoms. The van der Waals surface area contributed by atoms with E-state index in [1.807, 2.05) is 24.5 Å². The van der Waals surface area contributed by atoms with E-state index in [0.717, 1.165) is 30.2 Å². The molecular weight excluding hydrogens is 281 g/mol. The maximum Gasteiger partial charge on any atom is 0.253 e. The van der Waals surface area contributed by atoms with Crippen LogP contribution < -0.4 is 10.6 Å². The quantitative estimate of drug-likeness (QED) is 0.909. The minimum atomic E-state index is -0.265. The number of rotatable bonds is 4. The van der Waals surface area contributed by atoms with Crippen molar-refractivity contribution in [3.05, 3.63) is 53.1 Å². The first-order valence-corrected chi connectivity index (χ1v) is 7.50. The zero-order chi connectivity index (χ0) is 15.7. The third-order valence-electron chi connectivity index (χ3n) is 4.18. The lowest BCUT2D eigenvalue weighted by Crippen LogP contribution is -2.48. The summed E-state index contributed by atoms with van der Waals surface area (Å²) in [7, 11) is 0. The van der Waals surface area contributed by atoms with E-state index in [1.54, 1.807) is 12.1 Å². The fourth-order valence-corrected chi connectivity index (χ4v) is 2.81. The van der Waals surface area contributed by atoms with Gasteiger partial charge in [-0.05, 0) is 44.2 Å². The highest BCUT2D eigenvalue weighted by Crippen LogP contribution is 2.21. The molecule has 0 radical (unpaired) electrons. The summed E-state index contributed by atoms with van der Waals surface area (Å²) >= 11 is 0. The topological polar surface area (TPSA) is 46.1 Å². The molecule has 1 amide bonds. The largest absolute Gasteiger partial charge is 0.352 e. The van der Waals surface area contributed by atoms with Crippen molar-refractivity contribution in [2.75, 3.05) is 19.6 Å². The molecule has 1 fully saturated rings. The number of hydrogen-bond acceptors (Lipinski definition) is 2. The number of nitrogens with one attached hydrogen (secondary N) is 2. The van der Waals surface area contributed by atoms with Crippen LogP contribution in [0.1, 0.15) is 21.7 Å². The predicted octanol–water partition coefficient (Wildman–Crippen LogP) is 2.18. The van der Waals surface area contributed by atoms with Gasteiger partial charge in [0.15, 0.2) is 0 Å². The second kappa shape index (κ2) is 5.93. The predicted molar refractivity (Wildman–Crippen MR) is 83.9 cm³/mol. The number of nitrogens with zero attached hydrogens (tertiary/aromatic N) is 1. The molecule has 0 aliphatic carbocycles. The number of benzene rings is 1. The van der Waals surface area contributed by atoms with Gasteiger partial charge in [0.25, 0.3) is 5.91 Å². The summed E-state index contributed by atoms with van der Waals surface area (Å²) in [6.07, 6.45) is 0. The van der Waals surface area contributed by atoms with Crippen molar-refractivity contribution in [1.82, 2.24) is 15.2 Å². The first-order valence-electron chi connectivity index (χ1n) is 7.50. The SMILES string of the molecule is Cc1cc(C(=O)NCC2CNC2)c(C)n1-c1ccc(F)cc1. The van der Waals surface area contributed by atoms with Crippen LogP contribution in [-0.2, 0) is 0 Å². The van der Waals surface area contributed by atoms with E-state index in [-0.39, 0.29) is 11.7 Å². The highest BCUT2D eigenvalue weighted by atomic mass is 19.1. The van der Waals surface area contributed by atoms with Crippen molar-refractivity contribution in [3.8, 4) is 5.69 Å². The number of hydrogen-bond donors (Lipinski definition) is 2. The molecule has 1 saturated heterocycles. The smallest absolute Gasteiger partial charge is 0.253 e. The highest BCUT2D eigenvalue weighted by Gasteiger charge is 2.20. The van der Waals surface area contributed by atoms with Crippen molar-refractivity contribution in [1.29, 1.82) is 0 Å². The van der Waals surface area contributed by atoms with Crippen LogP contribution in [0.3, 0.4) is 0 Å². The van der Waals surface area contributed by atoms with Gasteiger partial charge in [0, 0.05) is 42.6 Å². The number of halogens is 1. The number of carbonyl (C=O) groups is 1. The highest BCUT2D eigenvalue weighted by molar-refractivity contribution is 5.95.